The van der Waals surface area contributed by atoms with Gasteiger partial charge in [-0.3, -0.25) is 9.78 Å². The molecule has 0 atom stereocenters. The highest BCUT2D eigenvalue weighted by atomic mass is 35.5. The molecular weight excluding hydrogens is 464 g/mol. The molecule has 8 nitrogen and oxygen atoms in total. The van der Waals surface area contributed by atoms with Crippen LogP contribution >= 0.6 is 11.6 Å². The minimum atomic E-state index is -3.70. The highest BCUT2D eigenvalue weighted by molar-refractivity contribution is 7.89. The summed E-state index contributed by atoms with van der Waals surface area (Å²) in [5, 5.41) is 6.31. The van der Waals surface area contributed by atoms with Gasteiger partial charge in [-0.05, 0) is 67.4 Å². The Morgan fingerprint density at radius 1 is 1.06 bits per heavy atom. The maximum Gasteiger partial charge on any atom is 0.255 e. The van der Waals surface area contributed by atoms with E-state index in [1.807, 2.05) is 12.1 Å². The van der Waals surface area contributed by atoms with Crippen molar-refractivity contribution >= 4 is 33.2 Å². The molecule has 10 heteroatoms. The molecule has 1 saturated heterocycles. The minimum absolute atomic E-state index is 0.0977. The van der Waals surface area contributed by atoms with Crippen LogP contribution < -0.4 is 5.32 Å². The summed E-state index contributed by atoms with van der Waals surface area (Å²) in [6.45, 7) is 0.492. The van der Waals surface area contributed by atoms with Gasteiger partial charge in [-0.2, -0.15) is 9.21 Å². The second-order valence-corrected chi connectivity index (χ2v) is 9.97. The number of aromatic nitrogens is 1. The maximum atomic E-state index is 12.9. The fourth-order valence-electron chi connectivity index (χ4n) is 3.64. The molecule has 2 aromatic carbocycles. The zero-order valence-corrected chi connectivity index (χ0v) is 19.1. The van der Waals surface area contributed by atoms with Crippen molar-refractivity contribution in [1.82, 2.24) is 9.29 Å². The summed E-state index contributed by atoms with van der Waals surface area (Å²) >= 11 is 6.29. The quantitative estimate of drug-likeness (QED) is 0.515. The number of nitrogens with one attached hydrogen (secondary N) is 1. The average Bonchev–Trinajstić information content (AvgIpc) is 2.86. The third kappa shape index (κ3) is 5.11. The summed E-state index contributed by atoms with van der Waals surface area (Å²) in [5.74, 6) is -0.383. The van der Waals surface area contributed by atoms with Crippen LogP contribution in [0.4, 0.5) is 5.69 Å². The molecule has 0 radical (unpaired) electrons. The van der Waals surface area contributed by atoms with Crippen LogP contribution in [0.1, 0.15) is 23.2 Å². The summed E-state index contributed by atoms with van der Waals surface area (Å²) in [4.78, 5) is 27.8. The fourth-order valence-corrected chi connectivity index (χ4v) is 5.32. The third-order valence-corrected chi connectivity index (χ3v) is 7.73. The number of sulfonamides is 1. The van der Waals surface area contributed by atoms with Crippen molar-refractivity contribution in [2.45, 2.75) is 23.8 Å². The van der Waals surface area contributed by atoms with E-state index in [4.69, 9.17) is 11.6 Å². The van der Waals surface area contributed by atoms with Gasteiger partial charge in [0.05, 0.1) is 21.7 Å². The van der Waals surface area contributed by atoms with E-state index in [0.29, 0.717) is 40.4 Å². The van der Waals surface area contributed by atoms with Crippen LogP contribution in [0.2, 0.25) is 5.02 Å². The van der Waals surface area contributed by atoms with Crippen LogP contribution in [0, 0.1) is 4.91 Å². The molecule has 0 saturated carbocycles. The Labute approximate surface area is 196 Å². The standard InChI is InChI=1S/C23H21ClN4O4S/c24-21-9-6-18(15-20(21)22-3-1-2-12-25-22)26-23(29)16-4-7-19(8-5-16)33(31,32)28-13-10-17(27-30)11-14-28/h1-9,12,15,17H,10-11,13-14H2,(H,26,29). The van der Waals surface area contributed by atoms with E-state index in [1.54, 1.807) is 30.5 Å². The Morgan fingerprint density at radius 2 is 1.79 bits per heavy atom. The Kier molecular flexibility index (Phi) is 6.83. The highest BCUT2D eigenvalue weighted by Gasteiger charge is 2.29. The minimum Gasteiger partial charge on any atom is -0.322 e. The number of pyridine rings is 1. The molecule has 1 amide bonds. The van der Waals surface area contributed by atoms with Gasteiger partial charge in [-0.15, -0.1) is 0 Å². The number of hydrogen-bond acceptors (Lipinski definition) is 6. The van der Waals surface area contributed by atoms with E-state index in [2.05, 4.69) is 15.5 Å². The number of amides is 1. The van der Waals surface area contributed by atoms with Gasteiger partial charge in [-0.1, -0.05) is 22.8 Å². The molecule has 0 unspecified atom stereocenters. The lowest BCUT2D eigenvalue weighted by Crippen LogP contribution is -2.39. The van der Waals surface area contributed by atoms with Crippen LogP contribution in [0.25, 0.3) is 11.3 Å². The maximum absolute atomic E-state index is 12.9. The molecular formula is C23H21ClN4O4S. The summed E-state index contributed by atoms with van der Waals surface area (Å²) in [6, 6.07) is 16.0. The molecule has 1 N–H and O–H groups in total. The van der Waals surface area contributed by atoms with Crippen LogP contribution in [0.15, 0.2) is 76.9 Å². The van der Waals surface area contributed by atoms with Crippen LogP contribution in [-0.4, -0.2) is 42.7 Å². The van der Waals surface area contributed by atoms with E-state index < -0.39 is 10.0 Å². The summed E-state index contributed by atoms with van der Waals surface area (Å²) in [7, 11) is -3.70. The van der Waals surface area contributed by atoms with Gasteiger partial charge in [0.2, 0.25) is 10.0 Å². The fraction of sp³-hybridized carbons (Fsp3) is 0.217. The molecule has 3 aromatic rings. The van der Waals surface area contributed by atoms with E-state index in [0.717, 1.165) is 0 Å². The largest absolute Gasteiger partial charge is 0.322 e. The number of anilines is 1. The van der Waals surface area contributed by atoms with Gasteiger partial charge in [0, 0.05) is 36.1 Å². The predicted molar refractivity (Wildman–Crippen MR) is 127 cm³/mol. The van der Waals surface area contributed by atoms with E-state index in [9.17, 15) is 18.1 Å². The van der Waals surface area contributed by atoms with Crippen LogP contribution in [0.5, 0.6) is 0 Å². The average molecular weight is 485 g/mol. The Morgan fingerprint density at radius 3 is 2.42 bits per heavy atom. The first-order valence-electron chi connectivity index (χ1n) is 10.3. The first kappa shape index (κ1) is 23.0. The van der Waals surface area contributed by atoms with Crippen molar-refractivity contribution < 1.29 is 13.2 Å². The Balaban J connectivity index is 1.48. The number of hydrogen-bond donors (Lipinski definition) is 1. The van der Waals surface area contributed by atoms with Crippen molar-refractivity contribution in [2.75, 3.05) is 18.4 Å². The normalized spacial score (nSPS) is 15.2. The molecule has 1 aliphatic heterocycles. The van der Waals surface area contributed by atoms with Crippen molar-refractivity contribution in [3.05, 3.63) is 82.4 Å². The summed E-state index contributed by atoms with van der Waals surface area (Å²) in [6.07, 6.45) is 2.48. The number of piperidine rings is 1. The molecule has 1 aromatic heterocycles. The van der Waals surface area contributed by atoms with Crippen molar-refractivity contribution in [3.63, 3.8) is 0 Å². The number of rotatable bonds is 6. The number of halogens is 1. The molecule has 2 heterocycles. The smallest absolute Gasteiger partial charge is 0.255 e. The van der Waals surface area contributed by atoms with Gasteiger partial charge in [0.25, 0.3) is 5.91 Å². The lowest BCUT2D eigenvalue weighted by atomic mass is 10.1. The molecule has 0 aliphatic carbocycles. The number of nitroso groups, excluding NO2 is 1. The highest BCUT2D eigenvalue weighted by Crippen LogP contribution is 2.29. The van der Waals surface area contributed by atoms with Crippen molar-refractivity contribution in [3.8, 4) is 11.3 Å². The molecule has 4 rings (SSSR count). The van der Waals surface area contributed by atoms with Gasteiger partial charge in [0.15, 0.2) is 0 Å². The molecule has 33 heavy (non-hydrogen) atoms. The number of carbonyl (C=O) groups excluding carboxylic acids is 1. The molecule has 0 bridgehead atoms. The predicted octanol–water partition coefficient (Wildman–Crippen LogP) is 4.57. The van der Waals surface area contributed by atoms with Crippen LogP contribution in [-0.2, 0) is 10.0 Å². The molecule has 0 spiro atoms. The second-order valence-electron chi connectivity index (χ2n) is 7.63. The zero-order chi connectivity index (χ0) is 23.4. The topological polar surface area (TPSA) is 109 Å². The number of nitrogens with zero attached hydrogens (tertiary/aromatic N) is 3. The van der Waals surface area contributed by atoms with E-state index in [-0.39, 0.29) is 29.9 Å². The van der Waals surface area contributed by atoms with Crippen molar-refractivity contribution in [2.24, 2.45) is 5.18 Å². The van der Waals surface area contributed by atoms with E-state index >= 15 is 0 Å². The second kappa shape index (κ2) is 9.78. The van der Waals surface area contributed by atoms with Crippen molar-refractivity contribution in [1.29, 1.82) is 0 Å². The monoisotopic (exact) mass is 484 g/mol. The zero-order valence-electron chi connectivity index (χ0n) is 17.5. The first-order valence-corrected chi connectivity index (χ1v) is 12.2. The van der Waals surface area contributed by atoms with Gasteiger partial charge < -0.3 is 5.32 Å². The molecule has 170 valence electrons. The summed E-state index contributed by atoms with van der Waals surface area (Å²) < 4.78 is 27.1. The van der Waals surface area contributed by atoms with E-state index in [1.165, 1.54) is 28.6 Å². The molecule has 1 fully saturated rings. The number of benzene rings is 2. The van der Waals surface area contributed by atoms with Gasteiger partial charge >= 0.3 is 0 Å². The lowest BCUT2D eigenvalue weighted by Gasteiger charge is -2.28. The third-order valence-electron chi connectivity index (χ3n) is 5.49. The summed E-state index contributed by atoms with van der Waals surface area (Å²) in [5.41, 5.74) is 2.21. The Hall–Kier alpha value is -3.14. The van der Waals surface area contributed by atoms with Gasteiger partial charge in [0.1, 0.15) is 0 Å². The van der Waals surface area contributed by atoms with Gasteiger partial charge in [-0.25, -0.2) is 8.42 Å². The van der Waals surface area contributed by atoms with Crippen LogP contribution in [0.3, 0.4) is 0 Å². The Bertz CT molecular complexity index is 1260. The number of carbonyl (C=O) groups is 1. The SMILES string of the molecule is O=NC1CCN(S(=O)(=O)c2ccc(C(=O)Nc3ccc(Cl)c(-c4ccccn4)c3)cc2)CC1. The lowest BCUT2D eigenvalue weighted by molar-refractivity contribution is 0.102. The first-order chi connectivity index (χ1) is 15.9. The molecule has 1 aliphatic rings.